The summed E-state index contributed by atoms with van der Waals surface area (Å²) in [6.07, 6.45) is 1.12. The number of hydrogen-bond donors (Lipinski definition) is 0. The van der Waals surface area contributed by atoms with Crippen molar-refractivity contribution in [2.45, 2.75) is 12.5 Å². The van der Waals surface area contributed by atoms with E-state index in [4.69, 9.17) is 4.74 Å². The maximum Gasteiger partial charge on any atom is 0.339 e. The van der Waals surface area contributed by atoms with E-state index in [1.54, 1.807) is 18.2 Å². The monoisotopic (exact) mass is 390 g/mol. The Bertz CT molecular complexity index is 1030. The van der Waals surface area contributed by atoms with Crippen molar-refractivity contribution in [3.05, 3.63) is 83.8 Å². The van der Waals surface area contributed by atoms with Crippen molar-refractivity contribution in [3.63, 3.8) is 0 Å². The summed E-state index contributed by atoms with van der Waals surface area (Å²) in [7, 11) is 0. The van der Waals surface area contributed by atoms with Crippen molar-refractivity contribution in [1.29, 1.82) is 0 Å². The molecule has 3 aromatic rings. The maximum atomic E-state index is 13.2. The quantitative estimate of drug-likeness (QED) is 0.486. The number of amides is 1. The Hall–Kier alpha value is -3.25. The first-order chi connectivity index (χ1) is 13.7. The Kier molecular flexibility index (Phi) is 5.04. The Balaban J connectivity index is 1.60. The molecule has 0 radical (unpaired) electrons. The molecule has 1 unspecified atom stereocenters. The molecule has 2 aromatic carbocycles. The largest absolute Gasteiger partial charge is 0.448 e. The molecule has 0 saturated heterocycles. The topological polar surface area (TPSA) is 59.5 Å². The van der Waals surface area contributed by atoms with E-state index >= 15 is 0 Å². The number of aromatic nitrogens is 1. The number of carbonyl (C=O) groups excluding carboxylic acids is 2. The number of rotatable bonds is 5. The molecule has 6 heteroatoms. The Morgan fingerprint density at radius 2 is 1.96 bits per heavy atom. The van der Waals surface area contributed by atoms with Gasteiger partial charge in [0.05, 0.1) is 11.3 Å². The van der Waals surface area contributed by atoms with Gasteiger partial charge < -0.3 is 4.74 Å². The Labute approximate surface area is 166 Å². The van der Waals surface area contributed by atoms with E-state index < -0.39 is 12.1 Å². The summed E-state index contributed by atoms with van der Waals surface area (Å²) >= 11 is 1.38. The predicted octanol–water partition coefficient (Wildman–Crippen LogP) is 4.11. The molecule has 1 amide bonds. The molecule has 1 aliphatic heterocycles. The van der Waals surface area contributed by atoms with Crippen LogP contribution in [0.1, 0.15) is 15.9 Å². The van der Waals surface area contributed by atoms with Gasteiger partial charge in [0.2, 0.25) is 0 Å². The van der Waals surface area contributed by atoms with Gasteiger partial charge in [-0.2, -0.15) is 0 Å². The van der Waals surface area contributed by atoms with Crippen LogP contribution in [0.15, 0.2) is 72.6 Å². The van der Waals surface area contributed by atoms with Crippen LogP contribution in [0.5, 0.6) is 0 Å². The summed E-state index contributed by atoms with van der Waals surface area (Å²) in [4.78, 5) is 31.6. The smallest absolute Gasteiger partial charge is 0.339 e. The summed E-state index contributed by atoms with van der Waals surface area (Å²) in [6.45, 7) is 4.03. The van der Waals surface area contributed by atoms with Gasteiger partial charge in [-0.25, -0.2) is 9.78 Å². The fraction of sp³-hybridized carbons (Fsp3) is 0.136. The van der Waals surface area contributed by atoms with Gasteiger partial charge in [0.1, 0.15) is 0 Å². The van der Waals surface area contributed by atoms with Crippen LogP contribution < -0.4 is 4.90 Å². The second-order valence-corrected chi connectivity index (χ2v) is 7.21. The van der Waals surface area contributed by atoms with E-state index in [-0.39, 0.29) is 12.5 Å². The van der Waals surface area contributed by atoms with E-state index in [1.807, 2.05) is 47.8 Å². The summed E-state index contributed by atoms with van der Waals surface area (Å²) in [5.41, 5.74) is 3.12. The van der Waals surface area contributed by atoms with E-state index in [2.05, 4.69) is 11.6 Å². The minimum Gasteiger partial charge on any atom is -0.448 e. The maximum absolute atomic E-state index is 13.2. The number of thiazole rings is 1. The van der Waals surface area contributed by atoms with Gasteiger partial charge >= 0.3 is 5.97 Å². The Morgan fingerprint density at radius 1 is 1.21 bits per heavy atom. The average molecular weight is 390 g/mol. The van der Waals surface area contributed by atoms with Gasteiger partial charge in [0.25, 0.3) is 5.91 Å². The highest BCUT2D eigenvalue weighted by Crippen LogP contribution is 2.29. The number of anilines is 1. The van der Waals surface area contributed by atoms with Gasteiger partial charge in [-0.3, -0.25) is 9.69 Å². The molecule has 1 aliphatic rings. The van der Waals surface area contributed by atoms with Gasteiger partial charge in [-0.1, -0.05) is 54.6 Å². The number of benzene rings is 2. The molecule has 140 valence electrons. The fourth-order valence-electron chi connectivity index (χ4n) is 3.16. The second-order valence-electron chi connectivity index (χ2n) is 6.37. The third-order valence-corrected chi connectivity index (χ3v) is 5.40. The molecule has 0 aliphatic carbocycles. The van der Waals surface area contributed by atoms with Crippen LogP contribution in [0, 0.1) is 0 Å². The van der Waals surface area contributed by atoms with Crippen molar-refractivity contribution in [2.24, 2.45) is 0 Å². The molecule has 1 aromatic heterocycles. The molecular weight excluding hydrogens is 372 g/mol. The summed E-state index contributed by atoms with van der Waals surface area (Å²) in [5.74, 6) is -0.764. The van der Waals surface area contributed by atoms with E-state index in [1.165, 1.54) is 16.2 Å². The van der Waals surface area contributed by atoms with Gasteiger partial charge in [0, 0.05) is 23.9 Å². The molecule has 2 heterocycles. The SMILES string of the molecule is C=CCN(C(=O)C1Cc2ccccc2C(=O)O1)c1nc(-c2ccccc2)cs1. The molecule has 1 atom stereocenters. The van der Waals surface area contributed by atoms with Crippen molar-refractivity contribution in [2.75, 3.05) is 11.4 Å². The van der Waals surface area contributed by atoms with Crippen LogP contribution in [-0.2, 0) is 16.0 Å². The highest BCUT2D eigenvalue weighted by Gasteiger charge is 2.34. The third kappa shape index (κ3) is 3.46. The summed E-state index contributed by atoms with van der Waals surface area (Å²) < 4.78 is 5.43. The van der Waals surface area contributed by atoms with E-state index in [0.29, 0.717) is 17.1 Å². The Morgan fingerprint density at radius 3 is 2.75 bits per heavy atom. The van der Waals surface area contributed by atoms with Crippen LogP contribution in [-0.4, -0.2) is 29.5 Å². The van der Waals surface area contributed by atoms with Crippen LogP contribution in [0.4, 0.5) is 5.13 Å². The van der Waals surface area contributed by atoms with Crippen LogP contribution >= 0.6 is 11.3 Å². The number of ether oxygens (including phenoxy) is 1. The number of fused-ring (bicyclic) bond motifs is 1. The number of nitrogens with zero attached hydrogens (tertiary/aromatic N) is 2. The minimum atomic E-state index is -0.869. The molecule has 0 spiro atoms. The van der Waals surface area contributed by atoms with Crippen molar-refractivity contribution in [1.82, 2.24) is 4.98 Å². The molecule has 0 N–H and O–H groups in total. The lowest BCUT2D eigenvalue weighted by Crippen LogP contribution is -2.44. The van der Waals surface area contributed by atoms with Crippen LogP contribution in [0.25, 0.3) is 11.3 Å². The molecule has 5 nitrogen and oxygen atoms in total. The summed E-state index contributed by atoms with van der Waals surface area (Å²) in [6, 6.07) is 17.0. The van der Waals surface area contributed by atoms with E-state index in [9.17, 15) is 9.59 Å². The minimum absolute atomic E-state index is 0.288. The van der Waals surface area contributed by atoms with E-state index in [0.717, 1.165) is 16.8 Å². The molecular formula is C22H18N2O3S. The first-order valence-corrected chi connectivity index (χ1v) is 9.77. The fourth-order valence-corrected chi connectivity index (χ4v) is 4.01. The van der Waals surface area contributed by atoms with Gasteiger partial charge in [-0.15, -0.1) is 17.9 Å². The highest BCUT2D eigenvalue weighted by molar-refractivity contribution is 7.14. The standard InChI is InChI=1S/C22H18N2O3S/c1-2-12-24(22-23-18(14-28-22)15-8-4-3-5-9-15)20(25)19-13-16-10-6-7-11-17(16)21(26)27-19/h2-11,14,19H,1,12-13H2. The number of hydrogen-bond acceptors (Lipinski definition) is 5. The lowest BCUT2D eigenvalue weighted by molar-refractivity contribution is -0.127. The van der Waals surface area contributed by atoms with Gasteiger partial charge in [-0.05, 0) is 11.6 Å². The lowest BCUT2D eigenvalue weighted by Gasteiger charge is -2.28. The first kappa shape index (κ1) is 18.1. The average Bonchev–Trinajstić information content (AvgIpc) is 3.22. The normalized spacial score (nSPS) is 15.4. The highest BCUT2D eigenvalue weighted by atomic mass is 32.1. The number of esters is 1. The van der Waals surface area contributed by atoms with Crippen molar-refractivity contribution in [3.8, 4) is 11.3 Å². The number of carbonyl (C=O) groups is 2. The lowest BCUT2D eigenvalue weighted by atomic mass is 9.98. The number of cyclic esters (lactones) is 1. The van der Waals surface area contributed by atoms with Gasteiger partial charge in [0.15, 0.2) is 11.2 Å². The third-order valence-electron chi connectivity index (χ3n) is 4.54. The van der Waals surface area contributed by atoms with Crippen molar-refractivity contribution < 1.29 is 14.3 Å². The first-order valence-electron chi connectivity index (χ1n) is 8.89. The molecule has 0 saturated carbocycles. The molecule has 0 bridgehead atoms. The molecule has 0 fully saturated rings. The van der Waals surface area contributed by atoms with Crippen LogP contribution in [0.3, 0.4) is 0 Å². The molecule has 28 heavy (non-hydrogen) atoms. The summed E-state index contributed by atoms with van der Waals surface area (Å²) in [5, 5.41) is 2.47. The zero-order chi connectivity index (χ0) is 19.5. The zero-order valence-electron chi connectivity index (χ0n) is 15.1. The second kappa shape index (κ2) is 7.78. The molecule has 4 rings (SSSR count). The predicted molar refractivity (Wildman–Crippen MR) is 109 cm³/mol. The van der Waals surface area contributed by atoms with Crippen LogP contribution in [0.2, 0.25) is 0 Å². The zero-order valence-corrected chi connectivity index (χ0v) is 15.9. The van der Waals surface area contributed by atoms with Crippen molar-refractivity contribution >= 4 is 28.3 Å².